The molecule has 184 valence electrons. The molecule has 0 spiro atoms. The highest BCUT2D eigenvalue weighted by Gasteiger charge is 2.17. The number of ether oxygens (including phenoxy) is 2. The summed E-state index contributed by atoms with van der Waals surface area (Å²) < 4.78 is 10.8. The first kappa shape index (κ1) is 24.7. The Balaban J connectivity index is 1.37. The minimum atomic E-state index is -0.377. The number of thiophene rings is 1. The lowest BCUT2D eigenvalue weighted by Gasteiger charge is -2.16. The molecule has 2 aromatic heterocycles. The molecule has 0 aliphatic rings. The summed E-state index contributed by atoms with van der Waals surface area (Å²) in [5.74, 6) is -0.291. The topological polar surface area (TPSA) is 119 Å². The van der Waals surface area contributed by atoms with Crippen LogP contribution in [-0.2, 0) is 9.59 Å². The highest BCUT2D eigenvalue weighted by molar-refractivity contribution is 7.12. The molecule has 36 heavy (non-hydrogen) atoms. The number of rotatable bonds is 9. The maximum atomic E-state index is 12.6. The number of hydrogen-bond donors (Lipinski definition) is 3. The molecule has 0 aliphatic carbocycles. The van der Waals surface area contributed by atoms with Crippen molar-refractivity contribution in [2.45, 2.75) is 12.8 Å². The van der Waals surface area contributed by atoms with Gasteiger partial charge in [-0.25, -0.2) is 0 Å². The van der Waals surface area contributed by atoms with E-state index in [0.29, 0.717) is 33.4 Å². The third-order valence-electron chi connectivity index (χ3n) is 5.24. The molecule has 0 atom stereocenters. The van der Waals surface area contributed by atoms with Gasteiger partial charge in [0, 0.05) is 30.4 Å². The molecule has 0 radical (unpaired) electrons. The Hall–Kier alpha value is -4.44. The molecule has 2 aromatic carbocycles. The number of aromatic nitrogens is 1. The number of anilines is 3. The number of nitrogens with zero attached hydrogens (tertiary/aromatic N) is 1. The molecular formula is C26H24N4O5S. The summed E-state index contributed by atoms with van der Waals surface area (Å²) in [5, 5.41) is 11.0. The Kier molecular flexibility index (Phi) is 7.76. The van der Waals surface area contributed by atoms with E-state index in [1.807, 2.05) is 35.7 Å². The second-order valence-corrected chi connectivity index (χ2v) is 8.64. The zero-order valence-electron chi connectivity index (χ0n) is 19.7. The highest BCUT2D eigenvalue weighted by Crippen LogP contribution is 2.37. The van der Waals surface area contributed by atoms with Crippen LogP contribution in [0.5, 0.6) is 11.5 Å². The largest absolute Gasteiger partial charge is 0.494 e. The first-order valence-electron chi connectivity index (χ1n) is 11.0. The molecule has 3 N–H and O–H groups in total. The number of carbonyl (C=O) groups is 3. The third-order valence-corrected chi connectivity index (χ3v) is 6.11. The average Bonchev–Trinajstić information content (AvgIpc) is 3.43. The van der Waals surface area contributed by atoms with Gasteiger partial charge in [-0.2, -0.15) is 0 Å². The number of benzene rings is 2. The minimum Gasteiger partial charge on any atom is -0.494 e. The van der Waals surface area contributed by atoms with E-state index in [1.54, 1.807) is 30.5 Å². The lowest BCUT2D eigenvalue weighted by molar-refractivity contribution is -0.121. The number of amides is 3. The standard InChI is InChI=1S/C26H24N4O5S/c1-34-21-14-20(30-26(33)23-8-5-11-36-23)22(35-2)13-19(21)29-25(32)10-9-24(31)28-17-12-16-6-3-4-7-18(16)27-15-17/h3-8,11-15H,9-10H2,1-2H3,(H,28,31)(H,29,32)(H,30,33). The first-order valence-corrected chi connectivity index (χ1v) is 11.9. The number of methoxy groups -OCH3 is 2. The van der Waals surface area contributed by atoms with E-state index in [2.05, 4.69) is 20.9 Å². The fourth-order valence-electron chi connectivity index (χ4n) is 3.49. The van der Waals surface area contributed by atoms with E-state index in [9.17, 15) is 14.4 Å². The number of pyridine rings is 1. The maximum absolute atomic E-state index is 12.6. The van der Waals surface area contributed by atoms with Gasteiger partial charge in [0.2, 0.25) is 11.8 Å². The van der Waals surface area contributed by atoms with Crippen molar-refractivity contribution in [1.29, 1.82) is 0 Å². The Labute approximate surface area is 211 Å². The number of fused-ring (bicyclic) bond motifs is 1. The summed E-state index contributed by atoms with van der Waals surface area (Å²) in [7, 11) is 2.91. The SMILES string of the molecule is COc1cc(NC(=O)c2cccs2)c(OC)cc1NC(=O)CCC(=O)Nc1cnc2ccccc2c1. The smallest absolute Gasteiger partial charge is 0.265 e. The van der Waals surface area contributed by atoms with Crippen LogP contribution in [0.3, 0.4) is 0 Å². The summed E-state index contributed by atoms with van der Waals surface area (Å²) in [6.07, 6.45) is 1.51. The molecule has 0 saturated heterocycles. The van der Waals surface area contributed by atoms with Gasteiger partial charge in [-0.15, -0.1) is 11.3 Å². The van der Waals surface area contributed by atoms with Crippen molar-refractivity contribution in [2.24, 2.45) is 0 Å². The van der Waals surface area contributed by atoms with Crippen LogP contribution in [0.1, 0.15) is 22.5 Å². The molecule has 4 rings (SSSR count). The van der Waals surface area contributed by atoms with Gasteiger partial charge < -0.3 is 25.4 Å². The maximum Gasteiger partial charge on any atom is 0.265 e. The van der Waals surface area contributed by atoms with Crippen LogP contribution in [0.15, 0.2) is 66.2 Å². The van der Waals surface area contributed by atoms with Crippen LogP contribution in [0.4, 0.5) is 17.1 Å². The van der Waals surface area contributed by atoms with Gasteiger partial charge in [0.05, 0.1) is 47.9 Å². The zero-order chi connectivity index (χ0) is 25.5. The third kappa shape index (κ3) is 5.97. The average molecular weight is 505 g/mol. The van der Waals surface area contributed by atoms with Gasteiger partial charge in [-0.1, -0.05) is 24.3 Å². The Bertz CT molecular complexity index is 1400. The molecule has 9 nitrogen and oxygen atoms in total. The van der Waals surface area contributed by atoms with Crippen LogP contribution >= 0.6 is 11.3 Å². The molecule has 0 aliphatic heterocycles. The van der Waals surface area contributed by atoms with Crippen molar-refractivity contribution in [3.05, 3.63) is 71.1 Å². The summed E-state index contributed by atoms with van der Waals surface area (Å²) in [4.78, 5) is 42.2. The number of hydrogen-bond acceptors (Lipinski definition) is 7. The zero-order valence-corrected chi connectivity index (χ0v) is 20.5. The van der Waals surface area contributed by atoms with Crippen molar-refractivity contribution in [1.82, 2.24) is 4.98 Å². The van der Waals surface area contributed by atoms with Crippen molar-refractivity contribution < 1.29 is 23.9 Å². The normalized spacial score (nSPS) is 10.5. The second-order valence-electron chi connectivity index (χ2n) is 7.70. The lowest BCUT2D eigenvalue weighted by Crippen LogP contribution is -2.18. The van der Waals surface area contributed by atoms with E-state index in [1.165, 1.54) is 25.6 Å². The molecule has 3 amide bonds. The summed E-state index contributed by atoms with van der Waals surface area (Å²) >= 11 is 1.32. The van der Waals surface area contributed by atoms with E-state index in [4.69, 9.17) is 9.47 Å². The van der Waals surface area contributed by atoms with Crippen molar-refractivity contribution in [2.75, 3.05) is 30.2 Å². The van der Waals surface area contributed by atoms with E-state index >= 15 is 0 Å². The number of nitrogens with one attached hydrogen (secondary N) is 3. The molecular weight excluding hydrogens is 480 g/mol. The van der Waals surface area contributed by atoms with Crippen molar-refractivity contribution in [3.63, 3.8) is 0 Å². The van der Waals surface area contributed by atoms with Gasteiger partial charge in [-0.3, -0.25) is 19.4 Å². The quantitative estimate of drug-likeness (QED) is 0.298. The predicted octanol–water partition coefficient (Wildman–Crippen LogP) is 4.92. The second kappa shape index (κ2) is 11.3. The van der Waals surface area contributed by atoms with Crippen LogP contribution in [0.2, 0.25) is 0 Å². The lowest BCUT2D eigenvalue weighted by atomic mass is 10.2. The monoisotopic (exact) mass is 504 g/mol. The molecule has 0 fully saturated rings. The minimum absolute atomic E-state index is 0.0208. The van der Waals surface area contributed by atoms with Gasteiger partial charge in [-0.05, 0) is 23.6 Å². The highest BCUT2D eigenvalue weighted by atomic mass is 32.1. The van der Waals surface area contributed by atoms with Gasteiger partial charge in [0.25, 0.3) is 5.91 Å². The number of para-hydroxylation sites is 1. The molecule has 10 heteroatoms. The molecule has 0 saturated carbocycles. The van der Waals surface area contributed by atoms with E-state index < -0.39 is 0 Å². The molecule has 0 unspecified atom stereocenters. The molecule has 2 heterocycles. The van der Waals surface area contributed by atoms with Gasteiger partial charge >= 0.3 is 0 Å². The van der Waals surface area contributed by atoms with Crippen LogP contribution in [0, 0.1) is 0 Å². The van der Waals surface area contributed by atoms with Gasteiger partial charge in [0.1, 0.15) is 11.5 Å². The van der Waals surface area contributed by atoms with E-state index in [-0.39, 0.29) is 30.6 Å². The summed E-state index contributed by atoms with van der Waals surface area (Å²) in [6.45, 7) is 0. The van der Waals surface area contributed by atoms with E-state index in [0.717, 1.165) is 10.9 Å². The number of carbonyl (C=O) groups excluding carboxylic acids is 3. The molecule has 0 bridgehead atoms. The first-order chi connectivity index (χ1) is 17.5. The predicted molar refractivity (Wildman–Crippen MR) is 140 cm³/mol. The van der Waals surface area contributed by atoms with Crippen molar-refractivity contribution >= 4 is 57.0 Å². The summed E-state index contributed by atoms with van der Waals surface area (Å²) in [5.41, 5.74) is 2.14. The summed E-state index contributed by atoms with van der Waals surface area (Å²) in [6, 6.07) is 16.0. The van der Waals surface area contributed by atoms with Crippen LogP contribution < -0.4 is 25.4 Å². The van der Waals surface area contributed by atoms with Gasteiger partial charge in [0.15, 0.2) is 0 Å². The Morgan fingerprint density at radius 3 is 2.17 bits per heavy atom. The fraction of sp³-hybridized carbons (Fsp3) is 0.154. The Morgan fingerprint density at radius 2 is 1.50 bits per heavy atom. The molecule has 4 aromatic rings. The van der Waals surface area contributed by atoms with Crippen LogP contribution in [0.25, 0.3) is 10.9 Å². The fourth-order valence-corrected chi connectivity index (χ4v) is 4.11. The van der Waals surface area contributed by atoms with Crippen LogP contribution in [-0.4, -0.2) is 36.9 Å². The van der Waals surface area contributed by atoms with Crippen molar-refractivity contribution in [3.8, 4) is 11.5 Å². The Morgan fingerprint density at radius 1 is 0.833 bits per heavy atom.